The average Bonchev–Trinajstić information content (AvgIpc) is 2.23. The van der Waals surface area contributed by atoms with Gasteiger partial charge >= 0.3 is 0 Å². The zero-order chi connectivity index (χ0) is 9.80. The second-order valence-corrected chi connectivity index (χ2v) is 4.81. The molecule has 1 aliphatic carbocycles. The minimum atomic E-state index is 0.683. The van der Waals surface area contributed by atoms with E-state index in [1.165, 1.54) is 42.3 Å². The second kappa shape index (κ2) is 4.83. The van der Waals surface area contributed by atoms with Gasteiger partial charge in [-0.3, -0.25) is 0 Å². The standard InChI is InChI=1S/C12H16BrN/c13-11-8-4-5-9-12(11)14-10-6-2-1-3-7-10/h4-5,8-10,14H,1-3,6-7H2. The van der Waals surface area contributed by atoms with E-state index in [1.54, 1.807) is 0 Å². The zero-order valence-corrected chi connectivity index (χ0v) is 9.89. The van der Waals surface area contributed by atoms with E-state index in [0.29, 0.717) is 6.04 Å². The summed E-state index contributed by atoms with van der Waals surface area (Å²) in [4.78, 5) is 0. The Bertz CT molecular complexity index is 292. The molecule has 1 N–H and O–H groups in total. The van der Waals surface area contributed by atoms with Crippen molar-refractivity contribution < 1.29 is 0 Å². The highest BCUT2D eigenvalue weighted by molar-refractivity contribution is 9.10. The molecule has 1 fully saturated rings. The van der Waals surface area contributed by atoms with Gasteiger partial charge in [0.1, 0.15) is 0 Å². The van der Waals surface area contributed by atoms with Gasteiger partial charge < -0.3 is 5.32 Å². The van der Waals surface area contributed by atoms with Gasteiger partial charge in [-0.2, -0.15) is 0 Å². The highest BCUT2D eigenvalue weighted by atomic mass is 79.9. The SMILES string of the molecule is Brc1ccccc1NC1CCCCC1. The highest BCUT2D eigenvalue weighted by Crippen LogP contribution is 2.26. The minimum Gasteiger partial charge on any atom is -0.381 e. The lowest BCUT2D eigenvalue weighted by atomic mass is 9.95. The van der Waals surface area contributed by atoms with Crippen molar-refractivity contribution in [3.8, 4) is 0 Å². The lowest BCUT2D eigenvalue weighted by molar-refractivity contribution is 0.462. The van der Waals surface area contributed by atoms with Crippen molar-refractivity contribution in [1.29, 1.82) is 0 Å². The normalized spacial score (nSPS) is 18.1. The molecular formula is C12H16BrN. The average molecular weight is 254 g/mol. The summed E-state index contributed by atoms with van der Waals surface area (Å²) in [5.74, 6) is 0. The van der Waals surface area contributed by atoms with Crippen LogP contribution < -0.4 is 5.32 Å². The van der Waals surface area contributed by atoms with E-state index in [1.807, 2.05) is 0 Å². The Morgan fingerprint density at radius 3 is 2.50 bits per heavy atom. The van der Waals surface area contributed by atoms with Gasteiger partial charge in [0.15, 0.2) is 0 Å². The van der Waals surface area contributed by atoms with Crippen molar-refractivity contribution in [1.82, 2.24) is 0 Å². The monoisotopic (exact) mass is 253 g/mol. The molecule has 0 atom stereocenters. The third-order valence-electron chi connectivity index (χ3n) is 2.84. The van der Waals surface area contributed by atoms with Crippen LogP contribution in [0.5, 0.6) is 0 Å². The molecule has 0 saturated heterocycles. The highest BCUT2D eigenvalue weighted by Gasteiger charge is 2.13. The lowest BCUT2D eigenvalue weighted by Crippen LogP contribution is -2.22. The van der Waals surface area contributed by atoms with Crippen LogP contribution in [0.3, 0.4) is 0 Å². The van der Waals surface area contributed by atoms with Crippen LogP contribution in [0.1, 0.15) is 32.1 Å². The molecule has 1 aromatic rings. The van der Waals surface area contributed by atoms with Crippen LogP contribution in [0.4, 0.5) is 5.69 Å². The van der Waals surface area contributed by atoms with Gasteiger partial charge in [0.2, 0.25) is 0 Å². The first-order valence-corrected chi connectivity index (χ1v) is 6.16. The summed E-state index contributed by atoms with van der Waals surface area (Å²) in [7, 11) is 0. The molecular weight excluding hydrogens is 238 g/mol. The summed E-state index contributed by atoms with van der Waals surface area (Å²) in [6.07, 6.45) is 6.81. The largest absolute Gasteiger partial charge is 0.381 e. The maximum absolute atomic E-state index is 3.60. The molecule has 0 radical (unpaired) electrons. The Balaban J connectivity index is 1.99. The number of nitrogens with one attached hydrogen (secondary N) is 1. The van der Waals surface area contributed by atoms with Crippen LogP contribution in [0.2, 0.25) is 0 Å². The van der Waals surface area contributed by atoms with Crippen LogP contribution in [0.15, 0.2) is 28.7 Å². The fourth-order valence-electron chi connectivity index (χ4n) is 2.05. The van der Waals surface area contributed by atoms with Crippen molar-refractivity contribution in [3.63, 3.8) is 0 Å². The maximum Gasteiger partial charge on any atom is 0.0486 e. The number of benzene rings is 1. The van der Waals surface area contributed by atoms with Crippen LogP contribution in [-0.4, -0.2) is 6.04 Å². The maximum atomic E-state index is 3.60. The molecule has 0 unspecified atom stereocenters. The summed E-state index contributed by atoms with van der Waals surface area (Å²) in [5, 5.41) is 3.60. The number of hydrogen-bond donors (Lipinski definition) is 1. The third kappa shape index (κ3) is 2.50. The van der Waals surface area contributed by atoms with Crippen LogP contribution in [0.25, 0.3) is 0 Å². The van der Waals surface area contributed by atoms with Crippen molar-refractivity contribution in [2.45, 2.75) is 38.1 Å². The summed E-state index contributed by atoms with van der Waals surface area (Å²) in [6, 6.07) is 9.04. The number of para-hydroxylation sites is 1. The molecule has 0 heterocycles. The predicted molar refractivity (Wildman–Crippen MR) is 64.6 cm³/mol. The smallest absolute Gasteiger partial charge is 0.0486 e. The van der Waals surface area contributed by atoms with Crippen molar-refractivity contribution in [2.75, 3.05) is 5.32 Å². The van der Waals surface area contributed by atoms with Gasteiger partial charge in [-0.15, -0.1) is 0 Å². The van der Waals surface area contributed by atoms with Gasteiger partial charge in [0.05, 0.1) is 0 Å². The first-order valence-electron chi connectivity index (χ1n) is 5.37. The molecule has 76 valence electrons. The molecule has 0 spiro atoms. The second-order valence-electron chi connectivity index (χ2n) is 3.96. The molecule has 1 nitrogen and oxygen atoms in total. The quantitative estimate of drug-likeness (QED) is 0.834. The lowest BCUT2D eigenvalue weighted by Gasteiger charge is -2.24. The van der Waals surface area contributed by atoms with E-state index in [0.717, 1.165) is 0 Å². The number of hydrogen-bond acceptors (Lipinski definition) is 1. The fraction of sp³-hybridized carbons (Fsp3) is 0.500. The Kier molecular flexibility index (Phi) is 3.46. The fourth-order valence-corrected chi connectivity index (χ4v) is 2.44. The topological polar surface area (TPSA) is 12.0 Å². The van der Waals surface area contributed by atoms with Gasteiger partial charge in [0, 0.05) is 16.2 Å². The first kappa shape index (κ1) is 10.0. The number of rotatable bonds is 2. The van der Waals surface area contributed by atoms with Gasteiger partial charge in [-0.1, -0.05) is 31.4 Å². The summed E-state index contributed by atoms with van der Waals surface area (Å²) >= 11 is 3.56. The summed E-state index contributed by atoms with van der Waals surface area (Å²) in [5.41, 5.74) is 1.24. The van der Waals surface area contributed by atoms with Gasteiger partial charge in [0.25, 0.3) is 0 Å². The predicted octanol–water partition coefficient (Wildman–Crippen LogP) is 4.19. The number of halogens is 1. The molecule has 0 aliphatic heterocycles. The van der Waals surface area contributed by atoms with E-state index < -0.39 is 0 Å². The Hall–Kier alpha value is -0.500. The van der Waals surface area contributed by atoms with Gasteiger partial charge in [-0.25, -0.2) is 0 Å². The van der Waals surface area contributed by atoms with Crippen molar-refractivity contribution >= 4 is 21.6 Å². The summed E-state index contributed by atoms with van der Waals surface area (Å²) in [6.45, 7) is 0. The molecule has 0 amide bonds. The molecule has 2 rings (SSSR count). The third-order valence-corrected chi connectivity index (χ3v) is 3.53. The molecule has 0 bridgehead atoms. The van der Waals surface area contributed by atoms with E-state index in [-0.39, 0.29) is 0 Å². The van der Waals surface area contributed by atoms with E-state index in [2.05, 4.69) is 45.5 Å². The minimum absolute atomic E-state index is 0.683. The molecule has 1 saturated carbocycles. The molecule has 14 heavy (non-hydrogen) atoms. The number of anilines is 1. The van der Waals surface area contributed by atoms with Gasteiger partial charge in [-0.05, 0) is 40.9 Å². The summed E-state index contributed by atoms with van der Waals surface area (Å²) < 4.78 is 1.17. The Morgan fingerprint density at radius 1 is 1.07 bits per heavy atom. The van der Waals surface area contributed by atoms with Crippen molar-refractivity contribution in [3.05, 3.63) is 28.7 Å². The van der Waals surface area contributed by atoms with Crippen LogP contribution in [0, 0.1) is 0 Å². The molecule has 0 aromatic heterocycles. The zero-order valence-electron chi connectivity index (χ0n) is 8.30. The Morgan fingerprint density at radius 2 is 1.79 bits per heavy atom. The Labute approximate surface area is 94.0 Å². The van der Waals surface area contributed by atoms with Crippen LogP contribution >= 0.6 is 15.9 Å². The first-order chi connectivity index (χ1) is 6.86. The molecule has 1 aliphatic rings. The molecule has 1 aromatic carbocycles. The van der Waals surface area contributed by atoms with E-state index in [9.17, 15) is 0 Å². The van der Waals surface area contributed by atoms with E-state index in [4.69, 9.17) is 0 Å². The van der Waals surface area contributed by atoms with Crippen molar-refractivity contribution in [2.24, 2.45) is 0 Å². The van der Waals surface area contributed by atoms with E-state index >= 15 is 0 Å². The van der Waals surface area contributed by atoms with Crippen LogP contribution in [-0.2, 0) is 0 Å². The molecule has 2 heteroatoms.